The Morgan fingerprint density at radius 3 is 0.671 bits per heavy atom. The topological polar surface area (TPSA) is 49.9 Å². The zero-order chi connectivity index (χ0) is 51.6. The van der Waals surface area contributed by atoms with Crippen molar-refractivity contribution in [3.63, 3.8) is 0 Å². The maximum Gasteiger partial charge on any atom is 0.0717 e. The molecule has 76 heavy (non-hydrogen) atoms. The second-order valence-electron chi connectivity index (χ2n) is 20.2. The lowest BCUT2D eigenvalue weighted by Gasteiger charge is -2.40. The van der Waals surface area contributed by atoms with Crippen LogP contribution in [0.4, 0.5) is 68.2 Å². The molecule has 0 atom stereocenters. The standard InChI is InChI=1S/C68H66N4O4/c1-3-67(49-75-50-67)47-73-45-53-25-29-59(30-26-53)70(57-21-13-7-14-22-57)62-35-41-65(42-36-62)72(64-39-33-61(34-40-64)69(55-17-9-5-10-18-55)56-19-11-6-12-20-56)66-43-37-63(38-44-66)71(58-23-15-8-16-24-58)60-31-27-54(28-32-60)46-74-48-68(4-2)51-76-52-68/h5-44H,3-4,45-52H2,1-2H3. The Morgan fingerprint density at radius 1 is 0.289 bits per heavy atom. The molecule has 0 aliphatic carbocycles. The van der Waals surface area contributed by atoms with Gasteiger partial charge in [0.2, 0.25) is 0 Å². The van der Waals surface area contributed by atoms with Gasteiger partial charge in [0.05, 0.1) is 52.9 Å². The van der Waals surface area contributed by atoms with Crippen molar-refractivity contribution in [2.45, 2.75) is 39.9 Å². The maximum absolute atomic E-state index is 6.23. The van der Waals surface area contributed by atoms with Gasteiger partial charge in [-0.2, -0.15) is 0 Å². The van der Waals surface area contributed by atoms with Crippen LogP contribution in [0.3, 0.4) is 0 Å². The Kier molecular flexibility index (Phi) is 15.4. The number of anilines is 12. The van der Waals surface area contributed by atoms with Crippen LogP contribution in [0.25, 0.3) is 0 Å². The maximum atomic E-state index is 6.23. The number of ether oxygens (including phenoxy) is 4. The Labute approximate surface area is 448 Å². The highest BCUT2D eigenvalue weighted by atomic mass is 16.5. The van der Waals surface area contributed by atoms with E-state index in [1.807, 2.05) is 0 Å². The summed E-state index contributed by atoms with van der Waals surface area (Å²) in [6.45, 7) is 10.1. The lowest BCUT2D eigenvalue weighted by molar-refractivity contribution is -0.152. The van der Waals surface area contributed by atoms with Crippen LogP contribution in [-0.4, -0.2) is 39.6 Å². The smallest absolute Gasteiger partial charge is 0.0717 e. The molecule has 9 aromatic rings. The predicted octanol–water partition coefficient (Wildman–Crippen LogP) is 17.5. The fraction of sp³-hybridized carbons (Fsp3) is 0.206. The van der Waals surface area contributed by atoms with Crippen molar-refractivity contribution in [3.8, 4) is 0 Å². The van der Waals surface area contributed by atoms with Crippen LogP contribution in [0.5, 0.6) is 0 Å². The van der Waals surface area contributed by atoms with Crippen molar-refractivity contribution >= 4 is 68.2 Å². The number of nitrogens with zero attached hydrogens (tertiary/aromatic N) is 4. The third kappa shape index (κ3) is 11.2. The quantitative estimate of drug-likeness (QED) is 0.0666. The SMILES string of the molecule is CCC1(COCc2ccc(N(c3ccccc3)c3ccc(N(c4ccc(N(c5ccccc5)c5ccccc5)cc4)c4ccc(N(c5ccccc5)c5ccc(COCC6(CC)COC6)cc5)cc4)cc3)cc2)COC1. The predicted molar refractivity (Wildman–Crippen MR) is 312 cm³/mol. The molecule has 0 saturated carbocycles. The lowest BCUT2D eigenvalue weighted by Crippen LogP contribution is -2.45. The molecule has 11 rings (SSSR count). The Hall–Kier alpha value is -7.98. The van der Waals surface area contributed by atoms with Crippen LogP contribution in [0, 0.1) is 10.8 Å². The average molecular weight is 1000 g/mol. The van der Waals surface area contributed by atoms with Crippen LogP contribution in [0.2, 0.25) is 0 Å². The zero-order valence-electron chi connectivity index (χ0n) is 43.6. The summed E-state index contributed by atoms with van der Waals surface area (Å²) in [6, 6.07) is 86.5. The molecule has 2 heterocycles. The van der Waals surface area contributed by atoms with Gasteiger partial charge < -0.3 is 38.5 Å². The largest absolute Gasteiger partial charge is 0.380 e. The zero-order valence-corrected chi connectivity index (χ0v) is 43.6. The molecule has 0 radical (unpaired) electrons. The highest BCUT2D eigenvalue weighted by Crippen LogP contribution is 2.43. The third-order valence-corrected chi connectivity index (χ3v) is 15.0. The van der Waals surface area contributed by atoms with Crippen molar-refractivity contribution in [2.24, 2.45) is 10.8 Å². The van der Waals surface area contributed by atoms with Crippen molar-refractivity contribution < 1.29 is 18.9 Å². The molecule has 0 unspecified atom stereocenters. The van der Waals surface area contributed by atoms with Gasteiger partial charge in [0.1, 0.15) is 0 Å². The van der Waals surface area contributed by atoms with E-state index in [1.165, 1.54) is 0 Å². The first-order chi connectivity index (χ1) is 37.5. The van der Waals surface area contributed by atoms with Crippen LogP contribution < -0.4 is 19.6 Å². The molecule has 0 N–H and O–H groups in total. The molecule has 2 aliphatic rings. The molecule has 2 fully saturated rings. The minimum atomic E-state index is 0.155. The van der Waals surface area contributed by atoms with Gasteiger partial charge in [0.15, 0.2) is 0 Å². The normalized spacial score (nSPS) is 14.2. The van der Waals surface area contributed by atoms with Crippen molar-refractivity contribution in [2.75, 3.05) is 59.2 Å². The molecule has 9 aromatic carbocycles. The van der Waals surface area contributed by atoms with E-state index in [4.69, 9.17) is 18.9 Å². The van der Waals surface area contributed by atoms with E-state index in [1.54, 1.807) is 0 Å². The number of para-hydroxylation sites is 4. The summed E-state index contributed by atoms with van der Waals surface area (Å²) in [5, 5.41) is 0. The first-order valence-electron chi connectivity index (χ1n) is 26.7. The molecule has 2 saturated heterocycles. The fourth-order valence-electron chi connectivity index (χ4n) is 10.2. The van der Waals surface area contributed by atoms with E-state index in [0.29, 0.717) is 26.4 Å². The summed E-state index contributed by atoms with van der Waals surface area (Å²) in [6.07, 6.45) is 2.12. The van der Waals surface area contributed by atoms with Gasteiger partial charge in [-0.1, -0.05) is 111 Å². The van der Waals surface area contributed by atoms with Gasteiger partial charge in [-0.15, -0.1) is 0 Å². The molecule has 2 aliphatic heterocycles. The Morgan fingerprint density at radius 2 is 0.487 bits per heavy atom. The fourth-order valence-corrected chi connectivity index (χ4v) is 10.2. The molecule has 0 bridgehead atoms. The lowest BCUT2D eigenvalue weighted by atomic mass is 9.84. The van der Waals surface area contributed by atoms with Crippen LogP contribution in [0.1, 0.15) is 37.8 Å². The molecular formula is C68H66N4O4. The van der Waals surface area contributed by atoms with Gasteiger partial charge in [0.25, 0.3) is 0 Å². The van der Waals surface area contributed by atoms with Crippen molar-refractivity contribution in [3.05, 3.63) is 254 Å². The molecule has 0 amide bonds. The van der Waals surface area contributed by atoms with Gasteiger partial charge in [-0.25, -0.2) is 0 Å². The molecule has 8 nitrogen and oxygen atoms in total. The minimum Gasteiger partial charge on any atom is -0.380 e. The third-order valence-electron chi connectivity index (χ3n) is 15.0. The van der Waals surface area contributed by atoms with Gasteiger partial charge in [-0.3, -0.25) is 0 Å². The molecule has 0 spiro atoms. The van der Waals surface area contributed by atoms with E-state index in [2.05, 4.69) is 276 Å². The first-order valence-corrected chi connectivity index (χ1v) is 26.7. The summed E-state index contributed by atoms with van der Waals surface area (Å²) < 4.78 is 23.5. The van der Waals surface area contributed by atoms with E-state index < -0.39 is 0 Å². The molecule has 0 aromatic heterocycles. The first kappa shape index (κ1) is 50.2. The summed E-state index contributed by atoms with van der Waals surface area (Å²) in [7, 11) is 0. The van der Waals surface area contributed by atoms with Crippen LogP contribution in [0.15, 0.2) is 243 Å². The van der Waals surface area contributed by atoms with E-state index in [9.17, 15) is 0 Å². The van der Waals surface area contributed by atoms with Crippen molar-refractivity contribution in [1.82, 2.24) is 0 Å². The minimum absolute atomic E-state index is 0.155. The van der Waals surface area contributed by atoms with Crippen LogP contribution in [-0.2, 0) is 32.2 Å². The van der Waals surface area contributed by atoms with E-state index in [0.717, 1.165) is 119 Å². The van der Waals surface area contributed by atoms with Gasteiger partial charge in [0, 0.05) is 79.1 Å². The van der Waals surface area contributed by atoms with E-state index >= 15 is 0 Å². The Balaban J connectivity index is 0.916. The monoisotopic (exact) mass is 1000 g/mol. The Bertz CT molecular complexity index is 3000. The number of rotatable bonds is 22. The highest BCUT2D eigenvalue weighted by Gasteiger charge is 2.38. The number of hydrogen-bond donors (Lipinski definition) is 0. The van der Waals surface area contributed by atoms with Crippen molar-refractivity contribution in [1.29, 1.82) is 0 Å². The summed E-state index contributed by atoms with van der Waals surface area (Å²) in [4.78, 5) is 9.26. The number of benzene rings is 9. The van der Waals surface area contributed by atoms with Gasteiger partial charge in [-0.05, 0) is 170 Å². The average Bonchev–Trinajstić information content (AvgIpc) is 3.47. The highest BCUT2D eigenvalue weighted by molar-refractivity contribution is 5.85. The summed E-state index contributed by atoms with van der Waals surface area (Å²) in [5.74, 6) is 0. The summed E-state index contributed by atoms with van der Waals surface area (Å²) >= 11 is 0. The molecular weight excluding hydrogens is 937 g/mol. The number of hydrogen-bond acceptors (Lipinski definition) is 8. The second-order valence-corrected chi connectivity index (χ2v) is 20.2. The summed E-state index contributed by atoms with van der Waals surface area (Å²) in [5.41, 5.74) is 15.3. The molecule has 8 heteroatoms. The van der Waals surface area contributed by atoms with E-state index in [-0.39, 0.29) is 10.8 Å². The second kappa shape index (κ2) is 23.3. The molecule has 382 valence electrons. The van der Waals surface area contributed by atoms with Gasteiger partial charge >= 0.3 is 0 Å². The van der Waals surface area contributed by atoms with Crippen LogP contribution >= 0.6 is 0 Å².